The van der Waals surface area contributed by atoms with Crippen LogP contribution in [0.2, 0.25) is 0 Å². The second-order valence-electron chi connectivity index (χ2n) is 4.69. The fourth-order valence-corrected chi connectivity index (χ4v) is 1.85. The van der Waals surface area contributed by atoms with Crippen molar-refractivity contribution in [3.63, 3.8) is 0 Å². The summed E-state index contributed by atoms with van der Waals surface area (Å²) >= 11 is 0. The van der Waals surface area contributed by atoms with Gasteiger partial charge in [0.15, 0.2) is 0 Å². The monoisotopic (exact) mass is 272 g/mol. The Bertz CT molecular complexity index is 490. The molecule has 0 saturated carbocycles. The second kappa shape index (κ2) is 7.62. The number of benzene rings is 1. The third kappa shape index (κ3) is 4.64. The van der Waals surface area contributed by atoms with E-state index in [1.54, 1.807) is 12.4 Å². The van der Waals surface area contributed by atoms with Crippen LogP contribution in [0.25, 0.3) is 0 Å². The molecule has 106 valence electrons. The summed E-state index contributed by atoms with van der Waals surface area (Å²) in [6, 6.07) is 13.6. The SMILES string of the molecule is CC(NCC(O)COc1ccccc1)c1ccncc1. The summed E-state index contributed by atoms with van der Waals surface area (Å²) in [7, 11) is 0. The average Bonchev–Trinajstić information content (AvgIpc) is 2.52. The number of aliphatic hydroxyl groups excluding tert-OH is 1. The molecule has 2 atom stereocenters. The molecule has 0 fully saturated rings. The Balaban J connectivity index is 1.71. The highest BCUT2D eigenvalue weighted by molar-refractivity contribution is 5.20. The molecular formula is C16H20N2O2. The molecule has 0 aliphatic heterocycles. The van der Waals surface area contributed by atoms with Gasteiger partial charge in [0.05, 0.1) is 0 Å². The van der Waals surface area contributed by atoms with Crippen molar-refractivity contribution < 1.29 is 9.84 Å². The summed E-state index contributed by atoms with van der Waals surface area (Å²) in [6.07, 6.45) is 2.99. The first-order valence-corrected chi connectivity index (χ1v) is 6.75. The van der Waals surface area contributed by atoms with Crippen molar-refractivity contribution in [2.24, 2.45) is 0 Å². The maximum atomic E-state index is 9.91. The Labute approximate surface area is 119 Å². The molecule has 2 N–H and O–H groups in total. The van der Waals surface area contributed by atoms with Crippen LogP contribution in [0, 0.1) is 0 Å². The number of pyridine rings is 1. The summed E-state index contributed by atoms with van der Waals surface area (Å²) in [5.41, 5.74) is 1.15. The van der Waals surface area contributed by atoms with Crippen molar-refractivity contribution in [3.05, 3.63) is 60.4 Å². The maximum Gasteiger partial charge on any atom is 0.119 e. The van der Waals surface area contributed by atoms with Gasteiger partial charge in [-0.15, -0.1) is 0 Å². The van der Waals surface area contributed by atoms with Gasteiger partial charge in [0.25, 0.3) is 0 Å². The van der Waals surface area contributed by atoms with Crippen LogP contribution in [-0.4, -0.2) is 29.3 Å². The number of nitrogens with zero attached hydrogens (tertiary/aromatic N) is 1. The maximum absolute atomic E-state index is 9.91. The standard InChI is InChI=1S/C16H20N2O2/c1-13(14-7-9-17-10-8-14)18-11-15(19)12-20-16-5-3-2-4-6-16/h2-10,13,15,18-19H,11-12H2,1H3. The highest BCUT2D eigenvalue weighted by atomic mass is 16.5. The third-order valence-electron chi connectivity index (χ3n) is 3.05. The molecule has 2 aromatic rings. The van der Waals surface area contributed by atoms with Crippen molar-refractivity contribution in [1.29, 1.82) is 0 Å². The Morgan fingerprint density at radius 2 is 1.85 bits per heavy atom. The first-order valence-electron chi connectivity index (χ1n) is 6.75. The fourth-order valence-electron chi connectivity index (χ4n) is 1.85. The molecule has 2 rings (SSSR count). The summed E-state index contributed by atoms with van der Waals surface area (Å²) in [5, 5.41) is 13.2. The van der Waals surface area contributed by atoms with E-state index in [2.05, 4.69) is 17.2 Å². The Morgan fingerprint density at radius 1 is 1.15 bits per heavy atom. The number of hydrogen-bond acceptors (Lipinski definition) is 4. The van der Waals surface area contributed by atoms with Crippen LogP contribution in [0.15, 0.2) is 54.9 Å². The molecule has 20 heavy (non-hydrogen) atoms. The van der Waals surface area contributed by atoms with Gasteiger partial charge in [-0.05, 0) is 36.8 Å². The predicted molar refractivity (Wildman–Crippen MR) is 78.6 cm³/mol. The first kappa shape index (κ1) is 14.5. The lowest BCUT2D eigenvalue weighted by Crippen LogP contribution is -2.33. The number of hydrogen-bond donors (Lipinski definition) is 2. The van der Waals surface area contributed by atoms with E-state index in [9.17, 15) is 5.11 Å². The molecular weight excluding hydrogens is 252 g/mol. The summed E-state index contributed by atoms with van der Waals surface area (Å²) in [6.45, 7) is 2.82. The molecule has 1 heterocycles. The molecule has 1 aromatic heterocycles. The van der Waals surface area contributed by atoms with Crippen LogP contribution in [0.1, 0.15) is 18.5 Å². The van der Waals surface area contributed by atoms with E-state index >= 15 is 0 Å². The first-order chi connectivity index (χ1) is 9.75. The van der Waals surface area contributed by atoms with Crippen LogP contribution in [-0.2, 0) is 0 Å². The average molecular weight is 272 g/mol. The molecule has 2 unspecified atom stereocenters. The van der Waals surface area contributed by atoms with Crippen molar-refractivity contribution in [2.75, 3.05) is 13.2 Å². The van der Waals surface area contributed by atoms with Crippen LogP contribution in [0.5, 0.6) is 5.75 Å². The second-order valence-corrected chi connectivity index (χ2v) is 4.69. The Kier molecular flexibility index (Phi) is 5.53. The lowest BCUT2D eigenvalue weighted by molar-refractivity contribution is 0.104. The van der Waals surface area contributed by atoms with Gasteiger partial charge in [-0.3, -0.25) is 4.98 Å². The topological polar surface area (TPSA) is 54.4 Å². The number of aromatic nitrogens is 1. The highest BCUT2D eigenvalue weighted by Gasteiger charge is 2.09. The largest absolute Gasteiger partial charge is 0.491 e. The van der Waals surface area contributed by atoms with Crippen molar-refractivity contribution >= 4 is 0 Å². The molecule has 0 aliphatic carbocycles. The quantitative estimate of drug-likeness (QED) is 0.811. The number of ether oxygens (including phenoxy) is 1. The summed E-state index contributed by atoms with van der Waals surface area (Å²) in [5.74, 6) is 0.772. The zero-order chi connectivity index (χ0) is 14.2. The zero-order valence-corrected chi connectivity index (χ0v) is 11.6. The van der Waals surface area contributed by atoms with E-state index in [-0.39, 0.29) is 12.6 Å². The van der Waals surface area contributed by atoms with Gasteiger partial charge in [-0.1, -0.05) is 18.2 Å². The number of nitrogens with one attached hydrogen (secondary N) is 1. The van der Waals surface area contributed by atoms with Gasteiger partial charge < -0.3 is 15.2 Å². The van der Waals surface area contributed by atoms with Crippen molar-refractivity contribution in [3.8, 4) is 5.75 Å². The summed E-state index contributed by atoms with van der Waals surface area (Å²) in [4.78, 5) is 3.99. The van der Waals surface area contributed by atoms with Crippen molar-refractivity contribution in [1.82, 2.24) is 10.3 Å². The zero-order valence-electron chi connectivity index (χ0n) is 11.6. The van der Waals surface area contributed by atoms with E-state index in [0.717, 1.165) is 11.3 Å². The number of rotatable bonds is 7. The minimum atomic E-state index is -0.542. The number of aliphatic hydroxyl groups is 1. The van der Waals surface area contributed by atoms with Gasteiger partial charge in [0.1, 0.15) is 18.5 Å². The smallest absolute Gasteiger partial charge is 0.119 e. The van der Waals surface area contributed by atoms with Crippen LogP contribution in [0.3, 0.4) is 0 Å². The van der Waals surface area contributed by atoms with Gasteiger partial charge in [-0.2, -0.15) is 0 Å². The van der Waals surface area contributed by atoms with Crippen LogP contribution >= 0.6 is 0 Å². The minimum Gasteiger partial charge on any atom is -0.491 e. The molecule has 4 nitrogen and oxygen atoms in total. The van der Waals surface area contributed by atoms with E-state index in [1.165, 1.54) is 0 Å². The highest BCUT2D eigenvalue weighted by Crippen LogP contribution is 2.11. The van der Waals surface area contributed by atoms with E-state index in [1.807, 2.05) is 42.5 Å². The van der Waals surface area contributed by atoms with E-state index in [4.69, 9.17) is 4.74 Å². The van der Waals surface area contributed by atoms with Gasteiger partial charge in [0, 0.05) is 25.0 Å². The Morgan fingerprint density at radius 3 is 2.55 bits per heavy atom. The molecule has 0 amide bonds. The molecule has 4 heteroatoms. The van der Waals surface area contributed by atoms with Crippen LogP contribution in [0.4, 0.5) is 0 Å². The van der Waals surface area contributed by atoms with Gasteiger partial charge >= 0.3 is 0 Å². The normalized spacial score (nSPS) is 13.7. The van der Waals surface area contributed by atoms with Crippen LogP contribution < -0.4 is 10.1 Å². The molecule has 0 aliphatic rings. The fraction of sp³-hybridized carbons (Fsp3) is 0.312. The summed E-state index contributed by atoms with van der Waals surface area (Å²) < 4.78 is 5.51. The van der Waals surface area contributed by atoms with Gasteiger partial charge in [0.2, 0.25) is 0 Å². The molecule has 0 spiro atoms. The Hall–Kier alpha value is -1.91. The van der Waals surface area contributed by atoms with E-state index in [0.29, 0.717) is 6.54 Å². The van der Waals surface area contributed by atoms with E-state index < -0.39 is 6.10 Å². The van der Waals surface area contributed by atoms with Crippen molar-refractivity contribution in [2.45, 2.75) is 19.1 Å². The minimum absolute atomic E-state index is 0.171. The predicted octanol–water partition coefficient (Wildman–Crippen LogP) is 2.17. The van der Waals surface area contributed by atoms with Gasteiger partial charge in [-0.25, -0.2) is 0 Å². The number of para-hydroxylation sites is 1. The molecule has 1 aromatic carbocycles. The third-order valence-corrected chi connectivity index (χ3v) is 3.05. The molecule has 0 bridgehead atoms. The molecule has 0 saturated heterocycles. The lowest BCUT2D eigenvalue weighted by Gasteiger charge is -2.17. The molecule has 0 radical (unpaired) electrons. The lowest BCUT2D eigenvalue weighted by atomic mass is 10.1.